The van der Waals surface area contributed by atoms with E-state index in [1.807, 2.05) is 0 Å². The summed E-state index contributed by atoms with van der Waals surface area (Å²) in [5.74, 6) is -7.75. The van der Waals surface area contributed by atoms with Crippen LogP contribution in [0, 0.1) is 5.92 Å². The van der Waals surface area contributed by atoms with Crippen LogP contribution in [0.25, 0.3) is 11.2 Å². The number of hydrogen-bond acceptors (Lipinski definition) is 4. The van der Waals surface area contributed by atoms with Crippen LogP contribution in [-0.2, 0) is 9.53 Å². The molecule has 2 heterocycles. The lowest BCUT2D eigenvalue weighted by Crippen LogP contribution is -2.44. The Morgan fingerprint density at radius 3 is 2.48 bits per heavy atom. The van der Waals surface area contributed by atoms with E-state index in [0.717, 1.165) is 0 Å². The van der Waals surface area contributed by atoms with Crippen LogP contribution < -0.4 is 0 Å². The summed E-state index contributed by atoms with van der Waals surface area (Å²) in [6, 6.07) is 4.49. The number of rotatable bonds is 6. The van der Waals surface area contributed by atoms with E-state index in [1.165, 1.54) is 12.1 Å². The predicted octanol–water partition coefficient (Wildman–Crippen LogP) is 3.16. The predicted molar refractivity (Wildman–Crippen MR) is 68.6 cm³/mol. The molecule has 5 nitrogen and oxygen atoms in total. The van der Waals surface area contributed by atoms with Crippen LogP contribution in [0.15, 0.2) is 22.6 Å². The summed E-state index contributed by atoms with van der Waals surface area (Å²) >= 11 is 0. The van der Waals surface area contributed by atoms with Gasteiger partial charge in [0.15, 0.2) is 6.10 Å². The molecule has 21 heavy (non-hydrogen) atoms. The molecule has 0 radical (unpaired) electrons. The van der Waals surface area contributed by atoms with Crippen molar-refractivity contribution in [2.75, 3.05) is 0 Å². The van der Waals surface area contributed by atoms with Crippen LogP contribution in [0.5, 0.6) is 0 Å². The summed E-state index contributed by atoms with van der Waals surface area (Å²) in [5.41, 5.74) is 0.654. The van der Waals surface area contributed by atoms with Gasteiger partial charge in [-0.3, -0.25) is 0 Å². The molecule has 2 bridgehead atoms. The Morgan fingerprint density at radius 1 is 1.38 bits per heavy atom. The number of esters is 1. The van der Waals surface area contributed by atoms with E-state index in [2.05, 4.69) is 0 Å². The Labute approximate surface area is 118 Å². The van der Waals surface area contributed by atoms with Gasteiger partial charge < -0.3 is 14.3 Å². The second-order valence-corrected chi connectivity index (χ2v) is 5.21. The molecule has 0 saturated carbocycles. The molecule has 7 heteroatoms. The third-order valence-corrected chi connectivity index (χ3v) is 3.02. The molecular formula is C14H14F2O5. The molecule has 0 fully saturated rings. The lowest BCUT2D eigenvalue weighted by atomic mass is 10.0. The summed E-state index contributed by atoms with van der Waals surface area (Å²) in [7, 11) is 0. The van der Waals surface area contributed by atoms with Crippen molar-refractivity contribution in [2.24, 2.45) is 5.92 Å². The minimum absolute atomic E-state index is 0.0162. The van der Waals surface area contributed by atoms with Crippen molar-refractivity contribution in [2.45, 2.75) is 32.3 Å². The first-order valence-corrected chi connectivity index (χ1v) is 6.36. The second-order valence-electron chi connectivity index (χ2n) is 5.21. The molecule has 1 unspecified atom stereocenters. The maximum atomic E-state index is 13.7. The van der Waals surface area contributed by atoms with Crippen LogP contribution in [0.4, 0.5) is 8.78 Å². The Balaban J connectivity index is 2.20. The van der Waals surface area contributed by atoms with Gasteiger partial charge in [-0.15, -0.1) is 0 Å². The van der Waals surface area contributed by atoms with Gasteiger partial charge >= 0.3 is 17.9 Å². The van der Waals surface area contributed by atoms with Gasteiger partial charge in [0.2, 0.25) is 0 Å². The highest BCUT2D eigenvalue weighted by Crippen LogP contribution is 2.29. The molecule has 2 rings (SSSR count). The van der Waals surface area contributed by atoms with Crippen molar-refractivity contribution in [3.05, 3.63) is 23.8 Å². The summed E-state index contributed by atoms with van der Waals surface area (Å²) in [5, 5.41) is 8.61. The van der Waals surface area contributed by atoms with Gasteiger partial charge in [0, 0.05) is 0 Å². The summed E-state index contributed by atoms with van der Waals surface area (Å²) in [6.07, 6.45) is -2.29. The zero-order valence-electron chi connectivity index (χ0n) is 11.4. The lowest BCUT2D eigenvalue weighted by molar-refractivity contribution is -0.183. The number of carbonyl (C=O) groups is 2. The molecule has 0 saturated heterocycles. The Hall–Kier alpha value is -2.18. The largest absolute Gasteiger partial charge is 0.477 e. The number of hydrogen-bond donors (Lipinski definition) is 1. The molecule has 0 aromatic carbocycles. The smallest absolute Gasteiger partial charge is 0.378 e. The normalized spacial score (nSPS) is 13.8. The summed E-state index contributed by atoms with van der Waals surface area (Å²) in [4.78, 5) is 22.6. The number of alkyl halides is 2. The third-order valence-electron chi connectivity index (χ3n) is 3.02. The van der Waals surface area contributed by atoms with E-state index in [1.54, 1.807) is 19.9 Å². The van der Waals surface area contributed by atoms with Gasteiger partial charge in [-0.05, 0) is 30.5 Å². The number of furan rings is 2. The molecule has 1 atom stereocenters. The standard InChI is InChI=1S/C14H14F2O5/c1-7(2)5-11(14(15,16)13(18)19)21-12(17)9-6-8-3-4-10(9)20-8/h3-4,6-7,11H,5H2,1-2H3,(H,18,19). The Kier molecular flexibility index (Phi) is 3.85. The molecule has 2 aromatic rings. The summed E-state index contributed by atoms with van der Waals surface area (Å²) in [6.45, 7) is 3.26. The third kappa shape index (κ3) is 2.96. The van der Waals surface area contributed by atoms with E-state index in [-0.39, 0.29) is 23.5 Å². The van der Waals surface area contributed by atoms with Crippen molar-refractivity contribution < 1.29 is 32.6 Å². The number of fused-ring (bicyclic) bond motifs is 2. The molecule has 0 spiro atoms. The van der Waals surface area contributed by atoms with Gasteiger partial charge in [0.1, 0.15) is 16.7 Å². The minimum atomic E-state index is -4.15. The average molecular weight is 300 g/mol. The topological polar surface area (TPSA) is 76.7 Å². The first-order valence-electron chi connectivity index (χ1n) is 6.36. The van der Waals surface area contributed by atoms with Crippen molar-refractivity contribution in [1.82, 2.24) is 0 Å². The number of carbonyl (C=O) groups excluding carboxylic acids is 1. The molecule has 114 valence electrons. The van der Waals surface area contributed by atoms with Gasteiger partial charge in [0.25, 0.3) is 0 Å². The van der Waals surface area contributed by atoms with E-state index < -0.39 is 24.0 Å². The van der Waals surface area contributed by atoms with E-state index in [9.17, 15) is 18.4 Å². The lowest BCUT2D eigenvalue weighted by Gasteiger charge is -2.24. The first kappa shape index (κ1) is 15.2. The molecule has 0 aliphatic rings. The van der Waals surface area contributed by atoms with Crippen LogP contribution in [0.3, 0.4) is 0 Å². The second kappa shape index (κ2) is 5.31. The average Bonchev–Trinajstić information content (AvgIpc) is 2.99. The molecular weight excluding hydrogens is 286 g/mol. The van der Waals surface area contributed by atoms with Crippen LogP contribution in [-0.4, -0.2) is 29.1 Å². The highest BCUT2D eigenvalue weighted by Gasteiger charge is 2.50. The van der Waals surface area contributed by atoms with E-state index in [4.69, 9.17) is 14.3 Å². The number of carboxylic acids is 1. The van der Waals surface area contributed by atoms with Crippen LogP contribution in [0.2, 0.25) is 0 Å². The molecule has 2 aromatic heterocycles. The van der Waals surface area contributed by atoms with Crippen molar-refractivity contribution >= 4 is 23.1 Å². The SMILES string of the molecule is CC(C)CC(OC(=O)c1cc2ccc1o2)C(F)(F)C(=O)O. The van der Waals surface area contributed by atoms with Gasteiger partial charge in [0.05, 0.1) is 0 Å². The molecule has 0 aliphatic carbocycles. The fourth-order valence-electron chi connectivity index (χ4n) is 1.98. The van der Waals surface area contributed by atoms with Gasteiger partial charge in [-0.25, -0.2) is 9.59 Å². The molecule has 0 amide bonds. The monoisotopic (exact) mass is 300 g/mol. The fraction of sp³-hybridized carbons (Fsp3) is 0.429. The maximum Gasteiger partial charge on any atom is 0.378 e. The first-order chi connectivity index (χ1) is 9.71. The number of carboxylic acid groups (broad SMARTS) is 1. The minimum Gasteiger partial charge on any atom is -0.477 e. The highest BCUT2D eigenvalue weighted by atomic mass is 19.3. The summed E-state index contributed by atoms with van der Waals surface area (Å²) < 4.78 is 37.2. The quantitative estimate of drug-likeness (QED) is 0.829. The zero-order valence-corrected chi connectivity index (χ0v) is 11.4. The zero-order chi connectivity index (χ0) is 15.8. The Morgan fingerprint density at radius 2 is 2.05 bits per heavy atom. The van der Waals surface area contributed by atoms with Crippen molar-refractivity contribution in [3.63, 3.8) is 0 Å². The number of benzene rings is 1. The van der Waals surface area contributed by atoms with Crippen LogP contribution >= 0.6 is 0 Å². The van der Waals surface area contributed by atoms with Crippen LogP contribution in [0.1, 0.15) is 30.6 Å². The number of aliphatic carboxylic acids is 1. The highest BCUT2D eigenvalue weighted by molar-refractivity contribution is 5.99. The maximum absolute atomic E-state index is 13.7. The van der Waals surface area contributed by atoms with Gasteiger partial charge in [-0.2, -0.15) is 8.78 Å². The number of ether oxygens (including phenoxy) is 1. The van der Waals surface area contributed by atoms with Gasteiger partial charge in [-0.1, -0.05) is 13.8 Å². The van der Waals surface area contributed by atoms with E-state index in [0.29, 0.717) is 5.58 Å². The Bertz CT molecular complexity index is 646. The fourth-order valence-corrected chi connectivity index (χ4v) is 1.98. The van der Waals surface area contributed by atoms with E-state index >= 15 is 0 Å². The van der Waals surface area contributed by atoms with Crippen molar-refractivity contribution in [1.29, 1.82) is 0 Å². The molecule has 1 N–H and O–H groups in total. The molecule has 0 aliphatic heterocycles. The number of halogens is 2. The van der Waals surface area contributed by atoms with Crippen molar-refractivity contribution in [3.8, 4) is 0 Å².